The lowest BCUT2D eigenvalue weighted by atomic mass is 10.1. The number of benzene rings is 1. The number of halogens is 1. The van der Waals surface area contributed by atoms with Crippen molar-refractivity contribution in [3.8, 4) is 17.0 Å². The molecule has 2 aliphatic heterocycles. The summed E-state index contributed by atoms with van der Waals surface area (Å²) in [7, 11) is -2.39. The molecule has 10 nitrogen and oxygen atoms in total. The fraction of sp³-hybridized carbons (Fsp3) is 0.440. The molecule has 37 heavy (non-hydrogen) atoms. The first-order chi connectivity index (χ1) is 17.7. The number of hydrogen-bond acceptors (Lipinski definition) is 6. The third-order valence-corrected chi connectivity index (χ3v) is 9.18. The van der Waals surface area contributed by atoms with Crippen LogP contribution in [0.1, 0.15) is 26.7 Å². The molecule has 2 aromatic heterocycles. The predicted molar refractivity (Wildman–Crippen MR) is 143 cm³/mol. The first-order valence-corrected chi connectivity index (χ1v) is 14.2. The van der Waals surface area contributed by atoms with Gasteiger partial charge in [-0.05, 0) is 38.0 Å². The number of H-pyrrole nitrogens is 1. The van der Waals surface area contributed by atoms with Crippen LogP contribution in [-0.2, 0) is 23.6 Å². The molecule has 5 rings (SSSR count). The van der Waals surface area contributed by atoms with Crippen molar-refractivity contribution in [2.24, 2.45) is 7.05 Å². The highest BCUT2D eigenvalue weighted by Gasteiger charge is 2.33. The molecule has 1 N–H and O–H groups in total. The van der Waals surface area contributed by atoms with E-state index in [1.165, 1.54) is 28.1 Å². The summed E-state index contributed by atoms with van der Waals surface area (Å²) in [5.74, 6) is 0.416. The number of ether oxygens (including phenoxy) is 1. The van der Waals surface area contributed by atoms with Crippen molar-refractivity contribution >= 4 is 32.7 Å². The summed E-state index contributed by atoms with van der Waals surface area (Å²) >= 11 is 6.81. The maximum Gasteiger partial charge on any atom is 0.331 e. The smallest absolute Gasteiger partial charge is 0.331 e. The lowest BCUT2D eigenvalue weighted by molar-refractivity contribution is 0.261. The van der Waals surface area contributed by atoms with E-state index in [-0.39, 0.29) is 15.4 Å². The molecule has 12 heteroatoms. The zero-order chi connectivity index (χ0) is 26.5. The van der Waals surface area contributed by atoms with Gasteiger partial charge in [0.25, 0.3) is 5.56 Å². The molecular weight excluding hydrogens is 518 g/mol. The molecule has 4 heterocycles. The maximum absolute atomic E-state index is 13.7. The van der Waals surface area contributed by atoms with Crippen molar-refractivity contribution in [3.63, 3.8) is 0 Å². The van der Waals surface area contributed by atoms with Crippen molar-refractivity contribution in [1.82, 2.24) is 23.3 Å². The van der Waals surface area contributed by atoms with Crippen LogP contribution in [0, 0.1) is 0 Å². The van der Waals surface area contributed by atoms with Crippen molar-refractivity contribution < 1.29 is 13.2 Å². The molecule has 0 radical (unpaired) electrons. The van der Waals surface area contributed by atoms with Crippen molar-refractivity contribution in [2.75, 3.05) is 32.8 Å². The lowest BCUT2D eigenvalue weighted by Gasteiger charge is -2.34. The predicted octanol–water partition coefficient (Wildman–Crippen LogP) is 2.75. The van der Waals surface area contributed by atoms with Crippen molar-refractivity contribution in [1.29, 1.82) is 0 Å². The minimum Gasteiger partial charge on any atom is -0.493 e. The molecule has 0 bridgehead atoms. The molecule has 1 saturated heterocycles. The Morgan fingerprint density at radius 1 is 1.14 bits per heavy atom. The van der Waals surface area contributed by atoms with E-state index in [2.05, 4.69) is 16.0 Å². The third kappa shape index (κ3) is 4.18. The summed E-state index contributed by atoms with van der Waals surface area (Å²) in [4.78, 5) is 31.2. The Balaban J connectivity index is 1.67. The van der Waals surface area contributed by atoms with E-state index < -0.39 is 21.3 Å². The van der Waals surface area contributed by atoms with Crippen LogP contribution < -0.4 is 16.0 Å². The van der Waals surface area contributed by atoms with Crippen molar-refractivity contribution in [3.05, 3.63) is 55.8 Å². The summed E-state index contributed by atoms with van der Waals surface area (Å²) in [5.41, 5.74) is 1.26. The Hall–Kier alpha value is -3.02. The van der Waals surface area contributed by atoms with Crippen LogP contribution in [0.4, 0.5) is 0 Å². The van der Waals surface area contributed by atoms with Gasteiger partial charge in [-0.2, -0.15) is 4.31 Å². The number of nitrogens with one attached hydrogen (secondary N) is 1. The quantitative estimate of drug-likeness (QED) is 0.487. The molecule has 0 atom stereocenters. The number of hydrogen-bond donors (Lipinski definition) is 1. The fourth-order valence-electron chi connectivity index (χ4n) is 5.10. The molecule has 1 aromatic carbocycles. The van der Waals surface area contributed by atoms with E-state index in [0.29, 0.717) is 61.7 Å². The van der Waals surface area contributed by atoms with Gasteiger partial charge in [-0.15, -0.1) is 0 Å². The van der Waals surface area contributed by atoms with Crippen LogP contribution in [0.25, 0.3) is 22.3 Å². The average Bonchev–Trinajstić information content (AvgIpc) is 3.49. The second-order valence-electron chi connectivity index (χ2n) is 9.24. The van der Waals surface area contributed by atoms with E-state index in [1.807, 2.05) is 13.8 Å². The normalized spacial score (nSPS) is 16.3. The summed E-state index contributed by atoms with van der Waals surface area (Å²) in [5, 5.41) is 0.165. The fourth-order valence-corrected chi connectivity index (χ4v) is 6.87. The van der Waals surface area contributed by atoms with E-state index in [4.69, 9.17) is 16.3 Å². The highest BCUT2D eigenvalue weighted by atomic mass is 35.5. The number of aromatic amines is 1. The van der Waals surface area contributed by atoms with Gasteiger partial charge >= 0.3 is 5.69 Å². The van der Waals surface area contributed by atoms with Gasteiger partial charge in [-0.3, -0.25) is 13.9 Å². The molecular formula is C25H30ClN5O5S. The molecule has 0 unspecified atom stereocenters. The van der Waals surface area contributed by atoms with Crippen molar-refractivity contribution in [2.45, 2.75) is 38.1 Å². The highest BCUT2D eigenvalue weighted by molar-refractivity contribution is 7.89. The van der Waals surface area contributed by atoms with E-state index >= 15 is 0 Å². The van der Waals surface area contributed by atoms with Crippen LogP contribution in [-0.4, -0.2) is 64.5 Å². The third-order valence-electron chi connectivity index (χ3n) is 6.97. The topological polar surface area (TPSA) is 110 Å². The minimum absolute atomic E-state index is 0.103. The van der Waals surface area contributed by atoms with Crippen LogP contribution >= 0.6 is 11.6 Å². The number of rotatable bonds is 7. The Bertz CT molecular complexity index is 1640. The van der Waals surface area contributed by atoms with Crippen LogP contribution in [0.3, 0.4) is 0 Å². The van der Waals surface area contributed by atoms with E-state index in [9.17, 15) is 18.0 Å². The van der Waals surface area contributed by atoms with Gasteiger partial charge in [0.2, 0.25) is 10.0 Å². The van der Waals surface area contributed by atoms with E-state index in [1.54, 1.807) is 6.07 Å². The standard InChI is InChI=1S/C25H30ClN5O5S/c1-4-10-31-23-20(26)21(27-22(23)24(32)28(3)25(31)33)18-14-17(8-9-19(18)36-5-2)37(34,35)30-13-12-29-11-6-7-16(29)15-30/h7-9,14,27H,4-6,10-13,15H2,1-3H3. The van der Waals surface area contributed by atoms with Gasteiger partial charge in [0.05, 0.1) is 34.3 Å². The number of aromatic nitrogens is 3. The number of aryl methyl sites for hydroxylation is 1. The molecule has 1 fully saturated rings. The number of fused-ring (bicyclic) bond motifs is 2. The Morgan fingerprint density at radius 3 is 2.65 bits per heavy atom. The molecule has 198 valence electrons. The zero-order valence-corrected chi connectivity index (χ0v) is 22.7. The Kier molecular flexibility index (Phi) is 6.71. The highest BCUT2D eigenvalue weighted by Crippen LogP contribution is 2.39. The second kappa shape index (κ2) is 9.70. The van der Waals surface area contributed by atoms with Gasteiger partial charge in [0.15, 0.2) is 0 Å². The number of piperazine rings is 1. The van der Waals surface area contributed by atoms with Gasteiger partial charge in [-0.1, -0.05) is 24.6 Å². The number of nitrogens with zero attached hydrogens (tertiary/aromatic N) is 4. The molecule has 0 saturated carbocycles. The lowest BCUT2D eigenvalue weighted by Crippen LogP contribution is -2.45. The van der Waals surface area contributed by atoms with Crippen LogP contribution in [0.5, 0.6) is 5.75 Å². The van der Waals surface area contributed by atoms with Gasteiger partial charge in [0, 0.05) is 44.5 Å². The summed E-state index contributed by atoms with van der Waals surface area (Å²) in [6.45, 7) is 6.77. The summed E-state index contributed by atoms with van der Waals surface area (Å²) < 4.78 is 37.1. The maximum atomic E-state index is 13.7. The minimum atomic E-state index is -3.81. The molecule has 0 amide bonds. The Labute approximate surface area is 219 Å². The average molecular weight is 548 g/mol. The molecule has 3 aromatic rings. The SMILES string of the molecule is CCCn1c(=O)n(C)c(=O)c2[nH]c(-c3cc(S(=O)(=O)N4CCN5CCC=C5C4)ccc3OCC)c(Cl)c21. The van der Waals surface area contributed by atoms with Gasteiger partial charge < -0.3 is 14.6 Å². The number of sulfonamides is 1. The van der Waals surface area contributed by atoms with Crippen LogP contribution in [0.15, 0.2) is 44.5 Å². The largest absolute Gasteiger partial charge is 0.493 e. The Morgan fingerprint density at radius 2 is 1.92 bits per heavy atom. The summed E-state index contributed by atoms with van der Waals surface area (Å²) in [6, 6.07) is 4.66. The monoisotopic (exact) mass is 547 g/mol. The first-order valence-electron chi connectivity index (χ1n) is 12.4. The molecule has 0 aliphatic carbocycles. The second-order valence-corrected chi connectivity index (χ2v) is 11.6. The van der Waals surface area contributed by atoms with Gasteiger partial charge in [0.1, 0.15) is 11.3 Å². The molecule has 0 spiro atoms. The van der Waals surface area contributed by atoms with Gasteiger partial charge in [-0.25, -0.2) is 13.2 Å². The summed E-state index contributed by atoms with van der Waals surface area (Å²) in [6.07, 6.45) is 3.68. The molecule has 2 aliphatic rings. The van der Waals surface area contributed by atoms with Crippen LogP contribution in [0.2, 0.25) is 5.02 Å². The first kappa shape index (κ1) is 25.6. The van der Waals surface area contributed by atoms with E-state index in [0.717, 1.165) is 23.2 Å². The zero-order valence-electron chi connectivity index (χ0n) is 21.1.